The lowest BCUT2D eigenvalue weighted by Gasteiger charge is -2.27. The van der Waals surface area contributed by atoms with Crippen molar-refractivity contribution in [3.8, 4) is 6.07 Å². The molecule has 164 valence electrons. The van der Waals surface area contributed by atoms with E-state index >= 15 is 0 Å². The highest BCUT2D eigenvalue weighted by Gasteiger charge is 2.37. The highest BCUT2D eigenvalue weighted by atomic mass is 32.2. The summed E-state index contributed by atoms with van der Waals surface area (Å²) in [4.78, 5) is 25.0. The molecule has 0 fully saturated rings. The molecular weight excluding hydrogens is 433 g/mol. The number of nitriles is 1. The molecule has 1 amide bonds. The van der Waals surface area contributed by atoms with Crippen LogP contribution >= 0.6 is 11.8 Å². The molecule has 0 spiro atoms. The first kappa shape index (κ1) is 22.9. The lowest BCUT2D eigenvalue weighted by Crippen LogP contribution is -2.29. The summed E-state index contributed by atoms with van der Waals surface area (Å²) in [6.07, 6.45) is 2.90. The molecule has 3 rings (SSSR count). The minimum atomic E-state index is -0.789. The zero-order chi connectivity index (χ0) is 23.1. The van der Waals surface area contributed by atoms with Crippen molar-refractivity contribution in [3.05, 3.63) is 88.8 Å². The molecule has 0 saturated carbocycles. The second-order valence-corrected chi connectivity index (χ2v) is 7.69. The molecule has 0 bridgehead atoms. The highest BCUT2D eigenvalue weighted by molar-refractivity contribution is 8.03. The molecule has 1 aromatic heterocycles. The monoisotopic (exact) mass is 453 g/mol. The second kappa shape index (κ2) is 10.5. The fraction of sp³-hybridized carbons (Fsp3) is 0.174. The molecule has 0 aliphatic carbocycles. The van der Waals surface area contributed by atoms with Crippen molar-refractivity contribution in [1.82, 2.24) is 5.32 Å². The third kappa shape index (κ3) is 5.28. The van der Waals surface area contributed by atoms with E-state index in [2.05, 4.69) is 23.3 Å². The number of ether oxygens (including phenoxy) is 1. The van der Waals surface area contributed by atoms with Gasteiger partial charge < -0.3 is 19.8 Å². The number of hydrogen-bond acceptors (Lipinski definition) is 7. The predicted octanol–water partition coefficient (Wildman–Crippen LogP) is 4.22. The average molecular weight is 453 g/mol. The number of rotatable bonds is 8. The molecule has 0 saturated heterocycles. The van der Waals surface area contributed by atoms with E-state index in [-0.39, 0.29) is 29.4 Å². The summed E-state index contributed by atoms with van der Waals surface area (Å²) < 4.78 is 24.0. The molecule has 1 atom stereocenters. The van der Waals surface area contributed by atoms with Gasteiger partial charge in [-0.2, -0.15) is 5.26 Å². The first-order valence-electron chi connectivity index (χ1n) is 9.56. The van der Waals surface area contributed by atoms with E-state index in [0.717, 1.165) is 11.8 Å². The maximum Gasteiger partial charge on any atom is 0.337 e. The molecule has 9 heteroatoms. The molecule has 0 radical (unpaired) electrons. The number of allylic oxidation sites excluding steroid dienone is 2. The number of halogens is 1. The van der Waals surface area contributed by atoms with Crippen molar-refractivity contribution in [2.45, 2.75) is 12.8 Å². The van der Waals surface area contributed by atoms with Crippen LogP contribution in [0.25, 0.3) is 0 Å². The Morgan fingerprint density at radius 3 is 2.88 bits per heavy atom. The van der Waals surface area contributed by atoms with Crippen LogP contribution in [0.5, 0.6) is 0 Å². The first-order valence-corrected chi connectivity index (χ1v) is 10.5. The summed E-state index contributed by atoms with van der Waals surface area (Å²) in [5.74, 6) is -1.87. The molecule has 2 heterocycles. The number of nitrogens with zero attached hydrogens (tertiary/aromatic N) is 1. The largest absolute Gasteiger partial charge is 0.468 e. The Kier molecular flexibility index (Phi) is 7.52. The van der Waals surface area contributed by atoms with Gasteiger partial charge in [0.1, 0.15) is 18.2 Å². The van der Waals surface area contributed by atoms with E-state index in [4.69, 9.17) is 9.15 Å². The number of thioether (sulfide) groups is 1. The van der Waals surface area contributed by atoms with E-state index in [9.17, 15) is 19.2 Å². The number of nitrogens with one attached hydrogen (secondary N) is 2. The van der Waals surface area contributed by atoms with Gasteiger partial charge in [0.2, 0.25) is 5.91 Å². The minimum Gasteiger partial charge on any atom is -0.468 e. The van der Waals surface area contributed by atoms with Gasteiger partial charge >= 0.3 is 5.97 Å². The molecule has 7 nitrogen and oxygen atoms in total. The number of amides is 1. The smallest absolute Gasteiger partial charge is 0.337 e. The van der Waals surface area contributed by atoms with Crippen LogP contribution < -0.4 is 10.6 Å². The van der Waals surface area contributed by atoms with Gasteiger partial charge in [-0.15, -0.1) is 0 Å². The quantitative estimate of drug-likeness (QED) is 0.456. The van der Waals surface area contributed by atoms with Gasteiger partial charge in [0.25, 0.3) is 0 Å². The fourth-order valence-corrected chi connectivity index (χ4v) is 4.04. The Hall–Kier alpha value is -3.77. The summed E-state index contributed by atoms with van der Waals surface area (Å²) >= 11 is 1.09. The number of furan rings is 1. The van der Waals surface area contributed by atoms with Crippen LogP contribution in [0.3, 0.4) is 0 Å². The second-order valence-electron chi connectivity index (χ2n) is 6.70. The molecule has 1 aromatic carbocycles. The van der Waals surface area contributed by atoms with E-state index in [1.807, 2.05) is 0 Å². The van der Waals surface area contributed by atoms with Crippen LogP contribution in [0.15, 0.2) is 81.6 Å². The van der Waals surface area contributed by atoms with E-state index in [1.165, 1.54) is 30.5 Å². The molecule has 2 N–H and O–H groups in total. The van der Waals surface area contributed by atoms with Gasteiger partial charge in [0.15, 0.2) is 0 Å². The van der Waals surface area contributed by atoms with Gasteiger partial charge in [0.05, 0.1) is 40.2 Å². The van der Waals surface area contributed by atoms with Crippen LogP contribution in [0.2, 0.25) is 0 Å². The third-order valence-electron chi connectivity index (χ3n) is 4.48. The third-order valence-corrected chi connectivity index (χ3v) is 5.50. The van der Waals surface area contributed by atoms with E-state index in [1.54, 1.807) is 25.1 Å². The highest BCUT2D eigenvalue weighted by Crippen LogP contribution is 2.41. The Bertz CT molecular complexity index is 1130. The fourth-order valence-electron chi connectivity index (χ4n) is 3.15. The summed E-state index contributed by atoms with van der Waals surface area (Å²) in [5.41, 5.74) is 1.28. The topological polar surface area (TPSA) is 104 Å². The summed E-state index contributed by atoms with van der Waals surface area (Å²) in [6.45, 7) is 5.24. The number of anilines is 1. The molecular formula is C23H20FN3O4S. The summed E-state index contributed by atoms with van der Waals surface area (Å²) in [5, 5.41) is 15.9. The maximum absolute atomic E-state index is 13.3. The van der Waals surface area contributed by atoms with Crippen LogP contribution in [-0.4, -0.2) is 24.2 Å². The molecule has 0 unspecified atom stereocenters. The normalized spacial score (nSPS) is 15.6. The van der Waals surface area contributed by atoms with Crippen molar-refractivity contribution in [2.75, 3.05) is 17.7 Å². The van der Waals surface area contributed by atoms with E-state index < -0.39 is 17.7 Å². The molecule has 1 aliphatic rings. The van der Waals surface area contributed by atoms with Crippen molar-refractivity contribution >= 4 is 29.3 Å². The molecule has 32 heavy (non-hydrogen) atoms. The Labute approximate surface area is 188 Å². The van der Waals surface area contributed by atoms with Gasteiger partial charge in [0, 0.05) is 11.4 Å². The summed E-state index contributed by atoms with van der Waals surface area (Å²) in [7, 11) is 0. The number of esters is 1. The van der Waals surface area contributed by atoms with Crippen molar-refractivity contribution in [2.24, 2.45) is 0 Å². The van der Waals surface area contributed by atoms with Crippen molar-refractivity contribution in [1.29, 1.82) is 5.26 Å². The summed E-state index contributed by atoms with van der Waals surface area (Å²) in [6, 6.07) is 11.0. The Morgan fingerprint density at radius 1 is 1.41 bits per heavy atom. The Balaban J connectivity index is 1.84. The first-order chi connectivity index (χ1) is 15.4. The molecule has 1 aliphatic heterocycles. The predicted molar refractivity (Wildman–Crippen MR) is 119 cm³/mol. The van der Waals surface area contributed by atoms with Crippen LogP contribution in [0, 0.1) is 17.1 Å². The van der Waals surface area contributed by atoms with Gasteiger partial charge in [-0.3, -0.25) is 4.79 Å². The van der Waals surface area contributed by atoms with Crippen LogP contribution in [0.4, 0.5) is 10.1 Å². The van der Waals surface area contributed by atoms with Gasteiger partial charge in [-0.25, -0.2) is 9.18 Å². The van der Waals surface area contributed by atoms with Crippen molar-refractivity contribution < 1.29 is 23.1 Å². The number of hydrogen-bond donors (Lipinski definition) is 2. The Morgan fingerprint density at radius 2 is 2.22 bits per heavy atom. The van der Waals surface area contributed by atoms with E-state index in [0.29, 0.717) is 22.2 Å². The zero-order valence-corrected chi connectivity index (χ0v) is 18.0. The SMILES string of the molecule is C=CCOC(=O)C1=C(C)NC(SCC(=O)Nc2cccc(F)c2)=C(C#N)[C@@H]1c1ccco1. The lowest BCUT2D eigenvalue weighted by atomic mass is 9.86. The van der Waals surface area contributed by atoms with Gasteiger partial charge in [-0.1, -0.05) is 30.5 Å². The lowest BCUT2D eigenvalue weighted by molar-refractivity contribution is -0.138. The standard InChI is InChI=1S/C23H20FN3O4S/c1-3-9-31-23(29)20-14(2)26-22(17(12-25)21(20)18-8-5-10-30-18)32-13-19(28)27-16-7-4-6-15(24)11-16/h3-8,10-11,21,26H,1,9,13H2,2H3,(H,27,28)/t21-/m1/s1. The maximum atomic E-state index is 13.3. The van der Waals surface area contributed by atoms with Crippen molar-refractivity contribution in [3.63, 3.8) is 0 Å². The molecule has 2 aromatic rings. The average Bonchev–Trinajstić information content (AvgIpc) is 3.30. The number of carbonyl (C=O) groups excluding carboxylic acids is 2. The number of benzene rings is 1. The zero-order valence-electron chi connectivity index (χ0n) is 17.2. The van der Waals surface area contributed by atoms with Gasteiger partial charge in [-0.05, 0) is 37.3 Å². The number of carbonyl (C=O) groups is 2. The number of dihydropyridines is 1. The van der Waals surface area contributed by atoms with Crippen LogP contribution in [-0.2, 0) is 14.3 Å². The van der Waals surface area contributed by atoms with Crippen LogP contribution in [0.1, 0.15) is 18.6 Å². The minimum absolute atomic E-state index is 0.0218.